The van der Waals surface area contributed by atoms with Crippen molar-refractivity contribution in [2.24, 2.45) is 11.8 Å². The smallest absolute Gasteiger partial charge is 0.0986 e. The number of hydrogen-bond acceptors (Lipinski definition) is 3. The Bertz CT molecular complexity index is 316. The molecule has 0 bridgehead atoms. The van der Waals surface area contributed by atoms with Gasteiger partial charge in [-0.25, -0.2) is 0 Å². The minimum absolute atomic E-state index is 0.213. The van der Waals surface area contributed by atoms with Crippen LogP contribution in [0.15, 0.2) is 24.5 Å². The first-order valence-electron chi connectivity index (χ1n) is 5.49. The van der Waals surface area contributed by atoms with E-state index >= 15 is 0 Å². The van der Waals surface area contributed by atoms with Crippen molar-refractivity contribution in [3.63, 3.8) is 0 Å². The van der Waals surface area contributed by atoms with Gasteiger partial charge in [0.05, 0.1) is 5.60 Å². The van der Waals surface area contributed by atoms with E-state index in [4.69, 9.17) is 0 Å². The van der Waals surface area contributed by atoms with Crippen LogP contribution in [-0.2, 0) is 5.60 Å². The van der Waals surface area contributed by atoms with Crippen molar-refractivity contribution < 1.29 is 5.11 Å². The molecule has 0 aliphatic carbocycles. The number of aromatic nitrogens is 1. The van der Waals surface area contributed by atoms with E-state index in [1.807, 2.05) is 12.1 Å². The summed E-state index contributed by atoms with van der Waals surface area (Å²) in [5, 5.41) is 14.1. The quantitative estimate of drug-likeness (QED) is 0.724. The highest BCUT2D eigenvalue weighted by Crippen LogP contribution is 2.38. The van der Waals surface area contributed by atoms with Crippen LogP contribution < -0.4 is 5.32 Å². The van der Waals surface area contributed by atoms with Crippen molar-refractivity contribution in [3.8, 4) is 0 Å². The van der Waals surface area contributed by atoms with Gasteiger partial charge < -0.3 is 10.4 Å². The molecule has 15 heavy (non-hydrogen) atoms. The largest absolute Gasteiger partial charge is 0.384 e. The van der Waals surface area contributed by atoms with E-state index in [-0.39, 0.29) is 11.8 Å². The lowest BCUT2D eigenvalue weighted by Gasteiger charge is -2.43. The highest BCUT2D eigenvalue weighted by atomic mass is 16.3. The van der Waals surface area contributed by atoms with Crippen molar-refractivity contribution in [2.75, 3.05) is 13.1 Å². The fraction of sp³-hybridized carbons (Fsp3) is 0.583. The number of rotatable bonds is 1. The average Bonchev–Trinajstić information content (AvgIpc) is 2.27. The summed E-state index contributed by atoms with van der Waals surface area (Å²) in [4.78, 5) is 4.09. The summed E-state index contributed by atoms with van der Waals surface area (Å²) in [6, 6.07) is 3.85. The Balaban J connectivity index is 2.38. The molecule has 2 N–H and O–H groups in total. The minimum atomic E-state index is -0.737. The van der Waals surface area contributed by atoms with Crippen LogP contribution in [0.5, 0.6) is 0 Å². The van der Waals surface area contributed by atoms with Gasteiger partial charge in [0.25, 0.3) is 0 Å². The molecule has 2 unspecified atom stereocenters. The van der Waals surface area contributed by atoms with Crippen LogP contribution >= 0.6 is 0 Å². The molecule has 0 spiro atoms. The molecular weight excluding hydrogens is 188 g/mol. The van der Waals surface area contributed by atoms with Crippen LogP contribution in [0.4, 0.5) is 0 Å². The zero-order valence-electron chi connectivity index (χ0n) is 9.27. The maximum absolute atomic E-state index is 10.8. The molecule has 1 saturated heterocycles. The second-order valence-corrected chi connectivity index (χ2v) is 4.53. The van der Waals surface area contributed by atoms with Crippen molar-refractivity contribution in [2.45, 2.75) is 19.4 Å². The SMILES string of the molecule is CC1CNCC(C)C1(O)c1cccnc1. The first-order valence-corrected chi connectivity index (χ1v) is 5.49. The lowest BCUT2D eigenvalue weighted by atomic mass is 9.72. The maximum atomic E-state index is 10.8. The van der Waals surface area contributed by atoms with Crippen molar-refractivity contribution in [1.29, 1.82) is 0 Å². The summed E-state index contributed by atoms with van der Waals surface area (Å²) in [5.74, 6) is 0.427. The molecule has 0 radical (unpaired) electrons. The van der Waals surface area contributed by atoms with Gasteiger partial charge in [-0.1, -0.05) is 19.9 Å². The normalized spacial score (nSPS) is 36.5. The lowest BCUT2D eigenvalue weighted by molar-refractivity contribution is -0.0809. The number of hydrogen-bond donors (Lipinski definition) is 2. The fourth-order valence-electron chi connectivity index (χ4n) is 2.48. The highest BCUT2D eigenvalue weighted by Gasteiger charge is 2.43. The molecule has 0 amide bonds. The number of nitrogens with zero attached hydrogens (tertiary/aromatic N) is 1. The van der Waals surface area contributed by atoms with Gasteiger partial charge in [0.15, 0.2) is 0 Å². The Morgan fingerprint density at radius 3 is 2.60 bits per heavy atom. The third-order valence-electron chi connectivity index (χ3n) is 3.53. The second-order valence-electron chi connectivity index (χ2n) is 4.53. The van der Waals surface area contributed by atoms with E-state index in [0.29, 0.717) is 0 Å². The van der Waals surface area contributed by atoms with Crippen LogP contribution in [0.2, 0.25) is 0 Å². The van der Waals surface area contributed by atoms with Gasteiger partial charge in [0.1, 0.15) is 0 Å². The Kier molecular flexibility index (Phi) is 2.76. The number of piperidine rings is 1. The van der Waals surface area contributed by atoms with Crippen LogP contribution in [0.25, 0.3) is 0 Å². The molecule has 82 valence electrons. The zero-order chi connectivity index (χ0) is 10.9. The number of nitrogens with one attached hydrogen (secondary N) is 1. The fourth-order valence-corrected chi connectivity index (χ4v) is 2.48. The van der Waals surface area contributed by atoms with E-state index < -0.39 is 5.60 Å². The molecule has 2 atom stereocenters. The molecule has 1 aromatic heterocycles. The van der Waals surface area contributed by atoms with E-state index in [1.165, 1.54) is 0 Å². The summed E-state index contributed by atoms with van der Waals surface area (Å²) in [7, 11) is 0. The first kappa shape index (κ1) is 10.6. The van der Waals surface area contributed by atoms with Crippen molar-refractivity contribution in [3.05, 3.63) is 30.1 Å². The lowest BCUT2D eigenvalue weighted by Crippen LogP contribution is -2.52. The van der Waals surface area contributed by atoms with Crippen LogP contribution in [0.1, 0.15) is 19.4 Å². The second kappa shape index (κ2) is 3.91. The number of pyridine rings is 1. The van der Waals surface area contributed by atoms with Gasteiger partial charge in [0.2, 0.25) is 0 Å². The van der Waals surface area contributed by atoms with Gasteiger partial charge >= 0.3 is 0 Å². The molecule has 2 heterocycles. The summed E-state index contributed by atoms with van der Waals surface area (Å²) < 4.78 is 0. The number of aliphatic hydroxyl groups is 1. The molecule has 0 saturated carbocycles. The van der Waals surface area contributed by atoms with Gasteiger partial charge in [0, 0.05) is 42.9 Å². The third kappa shape index (κ3) is 1.66. The molecular formula is C12H18N2O. The van der Waals surface area contributed by atoms with Gasteiger partial charge in [-0.15, -0.1) is 0 Å². The van der Waals surface area contributed by atoms with Crippen LogP contribution in [0, 0.1) is 11.8 Å². The topological polar surface area (TPSA) is 45.1 Å². The van der Waals surface area contributed by atoms with Gasteiger partial charge in [-0.05, 0) is 6.07 Å². The highest BCUT2D eigenvalue weighted by molar-refractivity contribution is 5.21. The molecule has 1 aliphatic rings. The minimum Gasteiger partial charge on any atom is -0.384 e. The van der Waals surface area contributed by atoms with E-state index in [9.17, 15) is 5.11 Å². The predicted molar refractivity (Wildman–Crippen MR) is 59.3 cm³/mol. The summed E-state index contributed by atoms with van der Waals surface area (Å²) in [6.07, 6.45) is 3.52. The molecule has 3 nitrogen and oxygen atoms in total. The zero-order valence-corrected chi connectivity index (χ0v) is 9.27. The summed E-state index contributed by atoms with van der Waals surface area (Å²) in [6.45, 7) is 5.87. The Morgan fingerprint density at radius 2 is 2.07 bits per heavy atom. The summed E-state index contributed by atoms with van der Waals surface area (Å²) >= 11 is 0. The molecule has 1 aromatic rings. The molecule has 0 aromatic carbocycles. The maximum Gasteiger partial charge on any atom is 0.0986 e. The molecule has 2 rings (SSSR count). The van der Waals surface area contributed by atoms with E-state index in [2.05, 4.69) is 24.1 Å². The third-order valence-corrected chi connectivity index (χ3v) is 3.53. The first-order chi connectivity index (χ1) is 7.15. The average molecular weight is 206 g/mol. The van der Waals surface area contributed by atoms with E-state index in [0.717, 1.165) is 18.7 Å². The summed E-state index contributed by atoms with van der Waals surface area (Å²) in [5.41, 5.74) is 0.200. The standard InChI is InChI=1S/C12H18N2O/c1-9-6-14-7-10(2)12(9,15)11-4-3-5-13-8-11/h3-5,8-10,14-15H,6-7H2,1-2H3. The predicted octanol–water partition coefficient (Wildman–Crippen LogP) is 1.14. The Labute approximate surface area is 90.5 Å². The van der Waals surface area contributed by atoms with Gasteiger partial charge in [-0.3, -0.25) is 4.98 Å². The molecule has 3 heteroatoms. The monoisotopic (exact) mass is 206 g/mol. The Hall–Kier alpha value is -0.930. The van der Waals surface area contributed by atoms with Crippen molar-refractivity contribution in [1.82, 2.24) is 10.3 Å². The molecule has 1 aliphatic heterocycles. The Morgan fingerprint density at radius 1 is 1.40 bits per heavy atom. The van der Waals surface area contributed by atoms with E-state index in [1.54, 1.807) is 12.4 Å². The van der Waals surface area contributed by atoms with Crippen LogP contribution in [0.3, 0.4) is 0 Å². The van der Waals surface area contributed by atoms with Gasteiger partial charge in [-0.2, -0.15) is 0 Å². The molecule has 1 fully saturated rings. The van der Waals surface area contributed by atoms with Crippen LogP contribution in [-0.4, -0.2) is 23.2 Å². The van der Waals surface area contributed by atoms with Crippen molar-refractivity contribution >= 4 is 0 Å².